The molecule has 1 aromatic carbocycles. The summed E-state index contributed by atoms with van der Waals surface area (Å²) in [5, 5.41) is 12.2. The fraction of sp³-hybridized carbons (Fsp3) is 0.565. The molecule has 10 nitrogen and oxygen atoms in total. The van der Waals surface area contributed by atoms with Crippen molar-refractivity contribution >= 4 is 28.5 Å². The molecule has 2 aliphatic rings. The molecule has 0 saturated carbocycles. The Balaban J connectivity index is 1.59. The van der Waals surface area contributed by atoms with E-state index in [-0.39, 0.29) is 25.0 Å². The predicted molar refractivity (Wildman–Crippen MR) is 125 cm³/mol. The van der Waals surface area contributed by atoms with Gasteiger partial charge in [-0.1, -0.05) is 11.3 Å². The molecular weight excluding hydrogens is 460 g/mol. The number of nitrogens with zero attached hydrogens (tertiary/aromatic N) is 3. The molecule has 3 heterocycles. The average molecular weight is 491 g/mol. The van der Waals surface area contributed by atoms with Crippen LogP contribution in [0.3, 0.4) is 0 Å². The number of amides is 2. The molecule has 4 rings (SSSR count). The van der Waals surface area contributed by atoms with Gasteiger partial charge in [-0.15, -0.1) is 10.2 Å². The lowest BCUT2D eigenvalue weighted by molar-refractivity contribution is -0.121. The second-order valence-corrected chi connectivity index (χ2v) is 10.2. The fourth-order valence-corrected chi connectivity index (χ4v) is 4.87. The highest BCUT2D eigenvalue weighted by atomic mass is 32.1. The first-order chi connectivity index (χ1) is 16.2. The zero-order valence-corrected chi connectivity index (χ0v) is 20.9. The van der Waals surface area contributed by atoms with Crippen LogP contribution in [0.4, 0.5) is 9.93 Å². The normalized spacial score (nSPS) is 20.0. The number of ether oxygens (including phenoxy) is 4. The van der Waals surface area contributed by atoms with Crippen molar-refractivity contribution in [1.82, 2.24) is 15.1 Å². The van der Waals surface area contributed by atoms with Gasteiger partial charge in [0, 0.05) is 13.0 Å². The van der Waals surface area contributed by atoms with Crippen molar-refractivity contribution in [3.63, 3.8) is 0 Å². The molecule has 2 amide bonds. The number of fused-ring (bicyclic) bond motifs is 1. The van der Waals surface area contributed by atoms with Crippen molar-refractivity contribution < 1.29 is 28.5 Å². The van der Waals surface area contributed by atoms with Crippen molar-refractivity contribution in [2.24, 2.45) is 0 Å². The lowest BCUT2D eigenvalue weighted by atomic mass is 9.93. The Labute approximate surface area is 202 Å². The summed E-state index contributed by atoms with van der Waals surface area (Å²) in [7, 11) is 3.12. The van der Waals surface area contributed by atoms with E-state index in [0.717, 1.165) is 29.0 Å². The summed E-state index contributed by atoms with van der Waals surface area (Å²) in [6, 6.07) is 2.88. The van der Waals surface area contributed by atoms with Crippen LogP contribution in [0.15, 0.2) is 12.1 Å². The van der Waals surface area contributed by atoms with Gasteiger partial charge in [0.25, 0.3) is 0 Å². The molecule has 0 bridgehead atoms. The van der Waals surface area contributed by atoms with Crippen LogP contribution in [0.5, 0.6) is 11.5 Å². The Morgan fingerprint density at radius 3 is 2.47 bits per heavy atom. The van der Waals surface area contributed by atoms with E-state index in [9.17, 15) is 9.59 Å². The maximum absolute atomic E-state index is 13.4. The van der Waals surface area contributed by atoms with E-state index in [0.29, 0.717) is 23.2 Å². The van der Waals surface area contributed by atoms with Crippen molar-refractivity contribution in [1.29, 1.82) is 0 Å². The summed E-state index contributed by atoms with van der Waals surface area (Å²) in [4.78, 5) is 27.9. The number of nitrogens with one attached hydrogen (secondary N) is 1. The van der Waals surface area contributed by atoms with E-state index in [1.165, 1.54) is 16.2 Å². The molecule has 184 valence electrons. The van der Waals surface area contributed by atoms with Crippen LogP contribution in [-0.4, -0.2) is 59.6 Å². The minimum atomic E-state index is -0.796. The van der Waals surface area contributed by atoms with Gasteiger partial charge in [-0.25, -0.2) is 4.79 Å². The van der Waals surface area contributed by atoms with Gasteiger partial charge in [0.1, 0.15) is 22.8 Å². The maximum atomic E-state index is 13.4. The summed E-state index contributed by atoms with van der Waals surface area (Å²) in [6.45, 7) is 6.27. The van der Waals surface area contributed by atoms with Crippen molar-refractivity contribution in [3.8, 4) is 11.5 Å². The quantitative estimate of drug-likeness (QED) is 0.675. The first kappa shape index (κ1) is 24.2. The number of methoxy groups -OCH3 is 2. The van der Waals surface area contributed by atoms with Gasteiger partial charge >= 0.3 is 6.09 Å². The van der Waals surface area contributed by atoms with Gasteiger partial charge < -0.3 is 18.9 Å². The standard InChI is InChI=1S/C23H30N4O6S/c1-23(2,3)33-22(29)27-12-14-11-18(31-5)17(30-4)10-13(14)9-15(27)19(28)24-21-26-25-20(34-21)16-7-6-8-32-16/h10-11,15-16H,6-9,12H2,1-5H3,(H,24,26,28)/t15-,16?/m0/s1. The number of anilines is 1. The van der Waals surface area contributed by atoms with Crippen LogP contribution in [0, 0.1) is 0 Å². The van der Waals surface area contributed by atoms with Gasteiger partial charge in [0.05, 0.1) is 20.8 Å². The Kier molecular flexibility index (Phi) is 6.94. The zero-order valence-electron chi connectivity index (χ0n) is 20.0. The molecular formula is C23H30N4O6S. The average Bonchev–Trinajstić information content (AvgIpc) is 3.48. The Morgan fingerprint density at radius 1 is 1.15 bits per heavy atom. The van der Waals surface area contributed by atoms with Crippen LogP contribution >= 0.6 is 11.3 Å². The van der Waals surface area contributed by atoms with Crippen molar-refractivity contribution in [2.75, 3.05) is 26.1 Å². The number of benzene rings is 1. The minimum absolute atomic E-state index is 0.0783. The Morgan fingerprint density at radius 2 is 1.85 bits per heavy atom. The molecule has 34 heavy (non-hydrogen) atoms. The van der Waals surface area contributed by atoms with Gasteiger partial charge in [-0.2, -0.15) is 0 Å². The number of rotatable bonds is 5. The van der Waals surface area contributed by atoms with Gasteiger partial charge in [-0.3, -0.25) is 15.0 Å². The van der Waals surface area contributed by atoms with E-state index < -0.39 is 17.7 Å². The van der Waals surface area contributed by atoms with E-state index in [1.54, 1.807) is 35.0 Å². The Bertz CT molecular complexity index is 1060. The summed E-state index contributed by atoms with van der Waals surface area (Å²) >= 11 is 1.29. The van der Waals surface area contributed by atoms with Gasteiger partial charge in [0.15, 0.2) is 11.5 Å². The molecule has 0 spiro atoms. The number of carbonyl (C=O) groups is 2. The number of hydrogen-bond acceptors (Lipinski definition) is 9. The molecule has 2 aliphatic heterocycles. The third kappa shape index (κ3) is 5.25. The third-order valence-electron chi connectivity index (χ3n) is 5.64. The number of aromatic nitrogens is 2. The topological polar surface area (TPSA) is 112 Å². The minimum Gasteiger partial charge on any atom is -0.493 e. The number of hydrogen-bond donors (Lipinski definition) is 1. The van der Waals surface area contributed by atoms with Crippen LogP contribution in [0.25, 0.3) is 0 Å². The van der Waals surface area contributed by atoms with E-state index in [2.05, 4.69) is 15.5 Å². The molecule has 1 unspecified atom stereocenters. The van der Waals surface area contributed by atoms with Crippen LogP contribution in [-0.2, 0) is 27.2 Å². The highest BCUT2D eigenvalue weighted by Gasteiger charge is 2.38. The third-order valence-corrected chi connectivity index (χ3v) is 6.57. The predicted octanol–water partition coefficient (Wildman–Crippen LogP) is 3.71. The molecule has 2 atom stereocenters. The lowest BCUT2D eigenvalue weighted by Crippen LogP contribution is -2.52. The van der Waals surface area contributed by atoms with Crippen LogP contribution < -0.4 is 14.8 Å². The smallest absolute Gasteiger partial charge is 0.411 e. The fourth-order valence-electron chi connectivity index (χ4n) is 4.04. The molecule has 2 aromatic rings. The van der Waals surface area contributed by atoms with Gasteiger partial charge in [-0.05, 0) is 56.9 Å². The monoisotopic (exact) mass is 490 g/mol. The number of carbonyl (C=O) groups excluding carboxylic acids is 2. The second-order valence-electron chi connectivity index (χ2n) is 9.24. The molecule has 0 radical (unpaired) electrons. The van der Waals surface area contributed by atoms with E-state index in [1.807, 2.05) is 12.1 Å². The summed E-state index contributed by atoms with van der Waals surface area (Å²) in [6.07, 6.45) is 1.51. The highest BCUT2D eigenvalue weighted by Crippen LogP contribution is 2.36. The Hall–Kier alpha value is -2.92. The zero-order chi connectivity index (χ0) is 24.5. The van der Waals surface area contributed by atoms with E-state index >= 15 is 0 Å². The van der Waals surface area contributed by atoms with Crippen molar-refractivity contribution in [2.45, 2.75) is 64.3 Å². The van der Waals surface area contributed by atoms with E-state index in [4.69, 9.17) is 18.9 Å². The first-order valence-corrected chi connectivity index (χ1v) is 12.0. The summed E-state index contributed by atoms with van der Waals surface area (Å²) in [5.41, 5.74) is 1.06. The second kappa shape index (κ2) is 9.75. The van der Waals surface area contributed by atoms with Gasteiger partial charge in [0.2, 0.25) is 11.0 Å². The molecule has 0 aliphatic carbocycles. The molecule has 1 fully saturated rings. The SMILES string of the molecule is COc1cc2c(cc1OC)CN(C(=O)OC(C)(C)C)[C@H](C(=O)Nc1nnc(C3CCCO3)s1)C2. The van der Waals surface area contributed by atoms with Crippen LogP contribution in [0.2, 0.25) is 0 Å². The lowest BCUT2D eigenvalue weighted by Gasteiger charge is -2.37. The first-order valence-electron chi connectivity index (χ1n) is 11.2. The molecule has 11 heteroatoms. The molecule has 1 saturated heterocycles. The largest absolute Gasteiger partial charge is 0.493 e. The van der Waals surface area contributed by atoms with Crippen LogP contribution in [0.1, 0.15) is 55.9 Å². The molecule has 1 N–H and O–H groups in total. The summed E-state index contributed by atoms with van der Waals surface area (Å²) < 4.78 is 22.1. The van der Waals surface area contributed by atoms with Crippen molar-refractivity contribution in [3.05, 3.63) is 28.3 Å². The summed E-state index contributed by atoms with van der Waals surface area (Å²) in [5.74, 6) is 0.765. The highest BCUT2D eigenvalue weighted by molar-refractivity contribution is 7.15. The maximum Gasteiger partial charge on any atom is 0.411 e. The molecule has 1 aromatic heterocycles.